The first-order valence-corrected chi connectivity index (χ1v) is 8.31. The predicted molar refractivity (Wildman–Crippen MR) is 98.3 cm³/mol. The fraction of sp³-hybridized carbons (Fsp3) is 0. The van der Waals surface area contributed by atoms with Crippen molar-refractivity contribution in [3.05, 3.63) is 88.4 Å². The second kappa shape index (κ2) is 7.32. The molecular weight excluding hydrogens is 382 g/mol. The van der Waals surface area contributed by atoms with Crippen LogP contribution in [0.4, 0.5) is 5.69 Å². The molecule has 0 saturated carbocycles. The van der Waals surface area contributed by atoms with Gasteiger partial charge in [-0.25, -0.2) is 0 Å². The second-order valence-electron chi connectivity index (χ2n) is 5.37. The number of benzene rings is 3. The van der Waals surface area contributed by atoms with Crippen molar-refractivity contribution >= 4 is 33.5 Å². The zero-order chi connectivity index (χ0) is 17.8. The first-order valence-electron chi connectivity index (χ1n) is 7.52. The summed E-state index contributed by atoms with van der Waals surface area (Å²) in [7, 11) is 0. The minimum Gasteiger partial charge on any atom is -0.545 e. The third-order valence-electron chi connectivity index (χ3n) is 3.70. The zero-order valence-corrected chi connectivity index (χ0v) is 14.6. The maximum atomic E-state index is 12.4. The number of carbonyl (C=O) groups is 2. The van der Waals surface area contributed by atoms with E-state index in [-0.39, 0.29) is 17.2 Å². The number of amides is 1. The molecule has 3 aromatic rings. The van der Waals surface area contributed by atoms with E-state index in [1.165, 1.54) is 12.1 Å². The Labute approximate surface area is 153 Å². The quantitative estimate of drug-likeness (QED) is 0.732. The molecule has 0 aliphatic carbocycles. The van der Waals surface area contributed by atoms with Gasteiger partial charge in [0.2, 0.25) is 0 Å². The molecule has 1 amide bonds. The summed E-state index contributed by atoms with van der Waals surface area (Å²) in [6, 6.07) is 21.5. The molecule has 124 valence electrons. The van der Waals surface area contributed by atoms with E-state index in [1.54, 1.807) is 18.2 Å². The molecule has 0 radical (unpaired) electrons. The van der Waals surface area contributed by atoms with Crippen molar-refractivity contribution in [3.63, 3.8) is 0 Å². The van der Waals surface area contributed by atoms with Crippen LogP contribution in [0.2, 0.25) is 0 Å². The third kappa shape index (κ3) is 3.95. The molecule has 0 unspecified atom stereocenters. The molecule has 0 heterocycles. The first kappa shape index (κ1) is 16.9. The van der Waals surface area contributed by atoms with Gasteiger partial charge in [-0.15, -0.1) is 0 Å². The molecule has 5 heteroatoms. The van der Waals surface area contributed by atoms with Crippen molar-refractivity contribution < 1.29 is 14.7 Å². The lowest BCUT2D eigenvalue weighted by atomic mass is 10.0. The van der Waals surface area contributed by atoms with Crippen LogP contribution in [0.15, 0.2) is 77.3 Å². The summed E-state index contributed by atoms with van der Waals surface area (Å²) in [5, 5.41) is 13.8. The summed E-state index contributed by atoms with van der Waals surface area (Å²) in [5.74, 6) is -1.74. The van der Waals surface area contributed by atoms with Gasteiger partial charge in [0.1, 0.15) is 0 Å². The molecule has 0 aliphatic heterocycles. The summed E-state index contributed by atoms with van der Waals surface area (Å²) in [4.78, 5) is 23.6. The molecule has 3 rings (SSSR count). The fourth-order valence-electron chi connectivity index (χ4n) is 2.43. The maximum Gasteiger partial charge on any atom is 0.255 e. The molecule has 0 aliphatic rings. The summed E-state index contributed by atoms with van der Waals surface area (Å²) in [5.41, 5.74) is 2.61. The van der Waals surface area contributed by atoms with E-state index >= 15 is 0 Å². The van der Waals surface area contributed by atoms with Gasteiger partial charge in [0.25, 0.3) is 5.91 Å². The lowest BCUT2D eigenvalue weighted by Gasteiger charge is -2.12. The van der Waals surface area contributed by atoms with Gasteiger partial charge in [0.05, 0.1) is 11.7 Å². The highest BCUT2D eigenvalue weighted by molar-refractivity contribution is 9.10. The number of carboxylic acids is 1. The Morgan fingerprint density at radius 3 is 2.12 bits per heavy atom. The van der Waals surface area contributed by atoms with E-state index < -0.39 is 5.97 Å². The SMILES string of the molecule is O=C(Nc1ccc(Br)cc1C(=O)[O-])c1ccc(-c2ccccc2)cc1. The summed E-state index contributed by atoms with van der Waals surface area (Å²) in [6.07, 6.45) is 0. The number of aromatic carboxylic acids is 1. The third-order valence-corrected chi connectivity index (χ3v) is 4.20. The molecule has 0 spiro atoms. The van der Waals surface area contributed by atoms with Crippen molar-refractivity contribution in [3.8, 4) is 11.1 Å². The Kier molecular flexibility index (Phi) is 4.95. The summed E-state index contributed by atoms with van der Waals surface area (Å²) >= 11 is 3.20. The topological polar surface area (TPSA) is 69.2 Å². The number of anilines is 1. The van der Waals surface area contributed by atoms with Crippen molar-refractivity contribution in [2.24, 2.45) is 0 Å². The monoisotopic (exact) mass is 394 g/mol. The van der Waals surface area contributed by atoms with Crippen LogP contribution in [-0.2, 0) is 0 Å². The lowest BCUT2D eigenvalue weighted by Crippen LogP contribution is -2.25. The van der Waals surface area contributed by atoms with Gasteiger partial charge in [0, 0.05) is 15.6 Å². The van der Waals surface area contributed by atoms with Crippen LogP contribution in [0, 0.1) is 0 Å². The number of hydrogen-bond donors (Lipinski definition) is 1. The number of rotatable bonds is 4. The molecule has 0 atom stereocenters. The molecular formula is C20H13BrNO3-. The van der Waals surface area contributed by atoms with Crippen molar-refractivity contribution in [1.82, 2.24) is 0 Å². The number of carbonyl (C=O) groups excluding carboxylic acids is 2. The molecule has 4 nitrogen and oxygen atoms in total. The van der Waals surface area contributed by atoms with Crippen LogP contribution in [0.5, 0.6) is 0 Å². The molecule has 25 heavy (non-hydrogen) atoms. The lowest BCUT2D eigenvalue weighted by molar-refractivity contribution is -0.254. The first-order chi connectivity index (χ1) is 12.0. The normalized spacial score (nSPS) is 10.3. The molecule has 1 N–H and O–H groups in total. The predicted octanol–water partition coefficient (Wildman–Crippen LogP) is 3.73. The van der Waals surface area contributed by atoms with Crippen molar-refractivity contribution in [1.29, 1.82) is 0 Å². The van der Waals surface area contributed by atoms with Gasteiger partial charge in [0.15, 0.2) is 0 Å². The fourth-order valence-corrected chi connectivity index (χ4v) is 2.79. The van der Waals surface area contributed by atoms with Crippen LogP contribution in [0.25, 0.3) is 11.1 Å². The highest BCUT2D eigenvalue weighted by Gasteiger charge is 2.10. The number of hydrogen-bond acceptors (Lipinski definition) is 3. The zero-order valence-electron chi connectivity index (χ0n) is 13.0. The van der Waals surface area contributed by atoms with Gasteiger partial charge in [-0.1, -0.05) is 58.4 Å². The minimum atomic E-state index is -1.35. The van der Waals surface area contributed by atoms with Gasteiger partial charge >= 0.3 is 0 Å². The largest absolute Gasteiger partial charge is 0.545 e. The van der Waals surface area contributed by atoms with Gasteiger partial charge in [-0.3, -0.25) is 4.79 Å². The molecule has 0 aromatic heterocycles. The van der Waals surface area contributed by atoms with Crippen LogP contribution < -0.4 is 10.4 Å². The minimum absolute atomic E-state index is 0.0800. The Bertz CT molecular complexity index is 921. The average Bonchev–Trinajstić information content (AvgIpc) is 2.64. The standard InChI is InChI=1S/C20H14BrNO3/c21-16-10-11-18(17(12-16)20(24)25)22-19(23)15-8-6-14(7-9-15)13-4-2-1-3-5-13/h1-12H,(H,22,23)(H,24,25)/p-1. The van der Waals surface area contributed by atoms with Crippen LogP contribution in [0.1, 0.15) is 20.7 Å². The Hall–Kier alpha value is -2.92. The van der Waals surface area contributed by atoms with Gasteiger partial charge < -0.3 is 15.2 Å². The molecule has 0 fully saturated rings. The smallest absolute Gasteiger partial charge is 0.255 e. The Morgan fingerprint density at radius 1 is 0.840 bits per heavy atom. The molecule has 0 saturated heterocycles. The summed E-state index contributed by atoms with van der Waals surface area (Å²) in [6.45, 7) is 0. The Morgan fingerprint density at radius 2 is 1.48 bits per heavy atom. The van der Waals surface area contributed by atoms with E-state index in [0.29, 0.717) is 10.0 Å². The number of nitrogens with one attached hydrogen (secondary N) is 1. The van der Waals surface area contributed by atoms with Crippen LogP contribution in [0.3, 0.4) is 0 Å². The van der Waals surface area contributed by atoms with E-state index in [9.17, 15) is 14.7 Å². The summed E-state index contributed by atoms with van der Waals surface area (Å²) < 4.78 is 0.594. The van der Waals surface area contributed by atoms with Crippen LogP contribution in [-0.4, -0.2) is 11.9 Å². The van der Waals surface area contributed by atoms with Gasteiger partial charge in [-0.05, 0) is 41.5 Å². The maximum absolute atomic E-state index is 12.4. The molecule has 0 bridgehead atoms. The van der Waals surface area contributed by atoms with Crippen molar-refractivity contribution in [2.45, 2.75) is 0 Å². The average molecular weight is 395 g/mol. The Balaban J connectivity index is 1.82. The number of halogens is 1. The van der Waals surface area contributed by atoms with E-state index in [0.717, 1.165) is 11.1 Å². The second-order valence-corrected chi connectivity index (χ2v) is 6.29. The van der Waals surface area contributed by atoms with Crippen LogP contribution >= 0.6 is 15.9 Å². The molecule has 3 aromatic carbocycles. The van der Waals surface area contributed by atoms with E-state index in [1.807, 2.05) is 42.5 Å². The van der Waals surface area contributed by atoms with E-state index in [2.05, 4.69) is 21.2 Å². The van der Waals surface area contributed by atoms with Crippen molar-refractivity contribution in [2.75, 3.05) is 5.32 Å². The van der Waals surface area contributed by atoms with Gasteiger partial charge in [-0.2, -0.15) is 0 Å². The highest BCUT2D eigenvalue weighted by atomic mass is 79.9. The van der Waals surface area contributed by atoms with E-state index in [4.69, 9.17) is 0 Å². The highest BCUT2D eigenvalue weighted by Crippen LogP contribution is 2.22. The number of carboxylic acid groups (broad SMARTS) is 1.